The largest absolute Gasteiger partial charge is 0.480 e. The van der Waals surface area contributed by atoms with Gasteiger partial charge < -0.3 is 9.84 Å². The average molecular weight is 356 g/mol. The summed E-state index contributed by atoms with van der Waals surface area (Å²) >= 11 is 5.86. The van der Waals surface area contributed by atoms with Crippen molar-refractivity contribution in [1.82, 2.24) is 4.90 Å². The highest BCUT2D eigenvalue weighted by Crippen LogP contribution is 2.16. The molecule has 0 heterocycles. The van der Waals surface area contributed by atoms with Gasteiger partial charge in [-0.1, -0.05) is 50.9 Å². The van der Waals surface area contributed by atoms with Gasteiger partial charge in [0.15, 0.2) is 0 Å². The van der Waals surface area contributed by atoms with Crippen LogP contribution >= 0.6 is 11.6 Å². The van der Waals surface area contributed by atoms with Crippen LogP contribution in [0.4, 0.5) is 4.79 Å². The first-order valence-corrected chi connectivity index (χ1v) is 8.63. The van der Waals surface area contributed by atoms with Crippen LogP contribution in [0.1, 0.15) is 39.2 Å². The molecule has 0 spiro atoms. The van der Waals surface area contributed by atoms with Crippen LogP contribution in [0, 0.1) is 5.92 Å². The molecule has 0 radical (unpaired) electrons. The summed E-state index contributed by atoms with van der Waals surface area (Å²) in [6.07, 6.45) is 1.31. The molecule has 5 nitrogen and oxygen atoms in total. The quantitative estimate of drug-likeness (QED) is 0.673. The van der Waals surface area contributed by atoms with Crippen LogP contribution < -0.4 is 0 Å². The number of hydrogen-bond acceptors (Lipinski definition) is 3. The van der Waals surface area contributed by atoms with E-state index in [1.54, 1.807) is 24.3 Å². The van der Waals surface area contributed by atoms with Gasteiger partial charge in [-0.3, -0.25) is 4.90 Å². The fourth-order valence-corrected chi connectivity index (χ4v) is 2.41. The number of ether oxygens (including phenoxy) is 1. The van der Waals surface area contributed by atoms with Crippen LogP contribution in [0.25, 0.3) is 0 Å². The Hall–Kier alpha value is -1.75. The van der Waals surface area contributed by atoms with Gasteiger partial charge in [-0.05, 0) is 30.0 Å². The maximum Gasteiger partial charge on any atom is 0.410 e. The van der Waals surface area contributed by atoms with Gasteiger partial charge in [0.05, 0.1) is 6.61 Å². The van der Waals surface area contributed by atoms with Crippen molar-refractivity contribution in [3.63, 3.8) is 0 Å². The Morgan fingerprint density at radius 3 is 2.38 bits per heavy atom. The number of rotatable bonds is 9. The smallest absolute Gasteiger partial charge is 0.410 e. The Balaban J connectivity index is 2.92. The summed E-state index contributed by atoms with van der Waals surface area (Å²) in [4.78, 5) is 25.4. The SMILES string of the molecule is CCCCOC(=O)N(CC(C)C)C(Cc1ccc(Cl)cc1)C(=O)O. The molecule has 0 saturated heterocycles. The molecule has 0 bridgehead atoms. The number of nitrogens with zero attached hydrogens (tertiary/aromatic N) is 1. The summed E-state index contributed by atoms with van der Waals surface area (Å²) in [6, 6.07) is 6.00. The van der Waals surface area contributed by atoms with Crippen LogP contribution in [0.3, 0.4) is 0 Å². The molecule has 1 unspecified atom stereocenters. The Kier molecular flexibility index (Phi) is 8.61. The second-order valence-corrected chi connectivity index (χ2v) is 6.64. The van der Waals surface area contributed by atoms with Gasteiger partial charge in [-0.15, -0.1) is 0 Å². The van der Waals surface area contributed by atoms with Crippen molar-refractivity contribution in [2.24, 2.45) is 5.92 Å². The van der Waals surface area contributed by atoms with Crippen LogP contribution in [-0.4, -0.2) is 41.3 Å². The first-order valence-electron chi connectivity index (χ1n) is 8.25. The van der Waals surface area contributed by atoms with Crippen LogP contribution in [0.5, 0.6) is 0 Å². The highest BCUT2D eigenvalue weighted by atomic mass is 35.5. The number of benzene rings is 1. The Labute approximate surface area is 148 Å². The minimum atomic E-state index is -1.04. The van der Waals surface area contributed by atoms with Crippen LogP contribution in [0.2, 0.25) is 5.02 Å². The summed E-state index contributed by atoms with van der Waals surface area (Å²) in [5.41, 5.74) is 0.807. The van der Waals surface area contributed by atoms with Crippen molar-refractivity contribution < 1.29 is 19.4 Å². The minimum absolute atomic E-state index is 0.135. The van der Waals surface area contributed by atoms with E-state index >= 15 is 0 Å². The molecular weight excluding hydrogens is 330 g/mol. The number of carboxylic acids is 1. The third kappa shape index (κ3) is 6.79. The van der Waals surface area contributed by atoms with E-state index in [4.69, 9.17) is 16.3 Å². The van der Waals surface area contributed by atoms with Gasteiger partial charge in [0, 0.05) is 18.0 Å². The lowest BCUT2D eigenvalue weighted by molar-refractivity contribution is -0.142. The lowest BCUT2D eigenvalue weighted by Crippen LogP contribution is -2.48. The molecule has 24 heavy (non-hydrogen) atoms. The molecule has 1 aromatic carbocycles. The topological polar surface area (TPSA) is 66.8 Å². The maximum atomic E-state index is 12.4. The van der Waals surface area contributed by atoms with E-state index in [1.165, 1.54) is 4.90 Å². The molecule has 0 aliphatic rings. The van der Waals surface area contributed by atoms with E-state index in [1.807, 2.05) is 20.8 Å². The molecule has 6 heteroatoms. The highest BCUT2D eigenvalue weighted by molar-refractivity contribution is 6.30. The summed E-state index contributed by atoms with van der Waals surface area (Å²) in [5, 5.41) is 10.2. The number of aliphatic carboxylic acids is 1. The molecule has 1 N–H and O–H groups in total. The minimum Gasteiger partial charge on any atom is -0.480 e. The zero-order valence-electron chi connectivity index (χ0n) is 14.5. The Morgan fingerprint density at radius 1 is 1.25 bits per heavy atom. The van der Waals surface area contributed by atoms with Crippen molar-refractivity contribution >= 4 is 23.7 Å². The second kappa shape index (κ2) is 10.2. The van der Waals surface area contributed by atoms with E-state index in [0.717, 1.165) is 18.4 Å². The van der Waals surface area contributed by atoms with Gasteiger partial charge in [0.1, 0.15) is 6.04 Å². The van der Waals surface area contributed by atoms with Crippen molar-refractivity contribution in [3.8, 4) is 0 Å². The molecule has 0 aliphatic heterocycles. The fraction of sp³-hybridized carbons (Fsp3) is 0.556. The number of carboxylic acid groups (broad SMARTS) is 1. The number of carbonyl (C=O) groups excluding carboxylic acids is 1. The number of halogens is 1. The molecule has 1 aromatic rings. The third-order valence-electron chi connectivity index (χ3n) is 3.52. The van der Waals surface area contributed by atoms with Crippen LogP contribution in [0.15, 0.2) is 24.3 Å². The molecular formula is C18H26ClNO4. The normalized spacial score (nSPS) is 12.0. The fourth-order valence-electron chi connectivity index (χ4n) is 2.28. The van der Waals surface area contributed by atoms with E-state index < -0.39 is 18.1 Å². The molecule has 0 aromatic heterocycles. The molecule has 1 amide bonds. The maximum absolute atomic E-state index is 12.4. The lowest BCUT2D eigenvalue weighted by atomic mass is 10.0. The summed E-state index contributed by atoms with van der Waals surface area (Å²) in [5.74, 6) is -0.908. The van der Waals surface area contributed by atoms with Gasteiger partial charge >= 0.3 is 12.1 Å². The van der Waals surface area contributed by atoms with Crippen molar-refractivity contribution in [2.45, 2.75) is 46.1 Å². The zero-order chi connectivity index (χ0) is 18.1. The molecule has 1 atom stereocenters. The van der Waals surface area contributed by atoms with Crippen molar-refractivity contribution in [1.29, 1.82) is 0 Å². The first kappa shape index (κ1) is 20.3. The summed E-state index contributed by atoms with van der Waals surface area (Å²) in [7, 11) is 0. The van der Waals surface area contributed by atoms with Crippen LogP contribution in [-0.2, 0) is 16.0 Å². The molecule has 0 saturated carbocycles. The van der Waals surface area contributed by atoms with E-state index in [9.17, 15) is 14.7 Å². The first-order chi connectivity index (χ1) is 11.3. The number of hydrogen-bond donors (Lipinski definition) is 1. The molecule has 0 aliphatic carbocycles. The van der Waals surface area contributed by atoms with Crippen molar-refractivity contribution in [2.75, 3.05) is 13.2 Å². The molecule has 1 rings (SSSR count). The predicted molar refractivity (Wildman–Crippen MR) is 94.4 cm³/mol. The standard InChI is InChI=1S/C18H26ClNO4/c1-4-5-10-24-18(23)20(12-13(2)3)16(17(21)22)11-14-6-8-15(19)9-7-14/h6-9,13,16H,4-5,10-12H2,1-3H3,(H,21,22). The van der Waals surface area contributed by atoms with Gasteiger partial charge in [0.2, 0.25) is 0 Å². The van der Waals surface area contributed by atoms with Crippen molar-refractivity contribution in [3.05, 3.63) is 34.9 Å². The monoisotopic (exact) mass is 355 g/mol. The molecule has 0 fully saturated rings. The Bertz CT molecular complexity index is 530. The summed E-state index contributed by atoms with van der Waals surface area (Å²) in [6.45, 7) is 6.51. The van der Waals surface area contributed by atoms with Gasteiger partial charge in [-0.25, -0.2) is 9.59 Å². The lowest BCUT2D eigenvalue weighted by Gasteiger charge is -2.29. The van der Waals surface area contributed by atoms with E-state index in [0.29, 0.717) is 18.2 Å². The average Bonchev–Trinajstić information content (AvgIpc) is 2.52. The van der Waals surface area contributed by atoms with E-state index in [-0.39, 0.29) is 12.3 Å². The van der Waals surface area contributed by atoms with Gasteiger partial charge in [-0.2, -0.15) is 0 Å². The zero-order valence-corrected chi connectivity index (χ0v) is 15.3. The predicted octanol–water partition coefficient (Wildman–Crippen LogP) is 4.23. The number of unbranched alkanes of at least 4 members (excludes halogenated alkanes) is 1. The third-order valence-corrected chi connectivity index (χ3v) is 3.78. The number of carbonyl (C=O) groups is 2. The van der Waals surface area contributed by atoms with Gasteiger partial charge in [0.25, 0.3) is 0 Å². The number of amides is 1. The molecule has 134 valence electrons. The highest BCUT2D eigenvalue weighted by Gasteiger charge is 2.31. The second-order valence-electron chi connectivity index (χ2n) is 6.20. The Morgan fingerprint density at radius 2 is 1.88 bits per heavy atom. The summed E-state index contributed by atoms with van der Waals surface area (Å²) < 4.78 is 5.24. The van der Waals surface area contributed by atoms with E-state index in [2.05, 4.69) is 0 Å².